The minimum absolute atomic E-state index is 0.322. The Labute approximate surface area is 104 Å². The number of halogens is 2. The smallest absolute Gasteiger partial charge is 0.288 e. The van der Waals surface area contributed by atoms with Gasteiger partial charge in [0.1, 0.15) is 0 Å². The summed E-state index contributed by atoms with van der Waals surface area (Å²) in [7, 11) is 0. The number of nitrogens with one attached hydrogen (secondary N) is 1. The molecule has 5 heteroatoms. The van der Waals surface area contributed by atoms with E-state index in [0.29, 0.717) is 22.7 Å². The number of ether oxygens (including phenoxy) is 1. The van der Waals surface area contributed by atoms with Crippen molar-refractivity contribution in [1.29, 1.82) is 0 Å². The van der Waals surface area contributed by atoms with E-state index in [4.69, 9.17) is 4.74 Å². The molecule has 0 radical (unpaired) electrons. The second-order valence-electron chi connectivity index (χ2n) is 3.91. The molecule has 2 nitrogen and oxygen atoms in total. The van der Waals surface area contributed by atoms with Crippen LogP contribution in [0.25, 0.3) is 0 Å². The Kier molecular flexibility index (Phi) is 4.62. The van der Waals surface area contributed by atoms with Crippen LogP contribution >= 0.6 is 11.8 Å². The van der Waals surface area contributed by atoms with E-state index >= 15 is 0 Å². The predicted molar refractivity (Wildman–Crippen MR) is 65.8 cm³/mol. The summed E-state index contributed by atoms with van der Waals surface area (Å²) >= 11 is 0.587. The first-order chi connectivity index (χ1) is 8.25. The molecule has 0 amide bonds. The van der Waals surface area contributed by atoms with Gasteiger partial charge < -0.3 is 10.1 Å². The molecule has 1 saturated heterocycles. The van der Waals surface area contributed by atoms with Gasteiger partial charge in [0.05, 0.1) is 0 Å². The Morgan fingerprint density at radius 1 is 1.24 bits per heavy atom. The molecular formula is C12H15F2NOS. The lowest BCUT2D eigenvalue weighted by molar-refractivity contribution is 0.0904. The average Bonchev–Trinajstić information content (AvgIpc) is 2.32. The first-order valence-electron chi connectivity index (χ1n) is 5.64. The molecule has 17 heavy (non-hydrogen) atoms. The zero-order valence-electron chi connectivity index (χ0n) is 9.36. The van der Waals surface area contributed by atoms with E-state index in [1.54, 1.807) is 12.1 Å². The average molecular weight is 259 g/mol. The molecular weight excluding hydrogens is 244 g/mol. The molecule has 0 aromatic heterocycles. The van der Waals surface area contributed by atoms with Gasteiger partial charge >= 0.3 is 0 Å². The van der Waals surface area contributed by atoms with Crippen molar-refractivity contribution < 1.29 is 13.5 Å². The number of thioether (sulfide) groups is 1. The van der Waals surface area contributed by atoms with Crippen LogP contribution in [0.3, 0.4) is 0 Å². The van der Waals surface area contributed by atoms with E-state index in [-0.39, 0.29) is 0 Å². The number of para-hydroxylation sites is 1. The van der Waals surface area contributed by atoms with Gasteiger partial charge in [-0.15, -0.1) is 0 Å². The third-order valence-corrected chi connectivity index (χ3v) is 3.47. The number of rotatable bonds is 4. The Bertz CT molecular complexity index is 356. The summed E-state index contributed by atoms with van der Waals surface area (Å²) in [5.74, 6) is -2.38. The fourth-order valence-electron chi connectivity index (χ4n) is 1.85. The van der Waals surface area contributed by atoms with Crippen LogP contribution in [0, 0.1) is 0 Å². The molecule has 0 bridgehead atoms. The summed E-state index contributed by atoms with van der Waals surface area (Å²) in [5, 5.41) is 3.32. The van der Waals surface area contributed by atoms with Crippen LogP contribution in [0.4, 0.5) is 14.5 Å². The van der Waals surface area contributed by atoms with Gasteiger partial charge in [0, 0.05) is 29.8 Å². The van der Waals surface area contributed by atoms with Crippen LogP contribution in [-0.2, 0) is 4.74 Å². The van der Waals surface area contributed by atoms with Crippen molar-refractivity contribution in [2.45, 2.75) is 29.5 Å². The minimum atomic E-state index is -2.38. The highest BCUT2D eigenvalue weighted by molar-refractivity contribution is 7.99. The zero-order chi connectivity index (χ0) is 12.1. The third-order valence-electron chi connectivity index (χ3n) is 2.68. The number of hydrogen-bond acceptors (Lipinski definition) is 3. The van der Waals surface area contributed by atoms with Crippen LogP contribution in [-0.4, -0.2) is 25.0 Å². The number of anilines is 1. The quantitative estimate of drug-likeness (QED) is 0.835. The summed E-state index contributed by atoms with van der Waals surface area (Å²) in [6, 6.07) is 7.53. The van der Waals surface area contributed by atoms with Crippen LogP contribution in [0.15, 0.2) is 29.2 Å². The predicted octanol–water partition coefficient (Wildman–Crippen LogP) is 3.59. The van der Waals surface area contributed by atoms with Crippen molar-refractivity contribution >= 4 is 17.4 Å². The van der Waals surface area contributed by atoms with E-state index in [2.05, 4.69) is 5.32 Å². The molecule has 1 aliphatic rings. The molecule has 0 atom stereocenters. The van der Waals surface area contributed by atoms with Crippen molar-refractivity contribution in [3.8, 4) is 0 Å². The molecule has 2 rings (SSSR count). The van der Waals surface area contributed by atoms with Crippen molar-refractivity contribution in [2.24, 2.45) is 0 Å². The van der Waals surface area contributed by atoms with Gasteiger partial charge in [0.2, 0.25) is 0 Å². The maximum atomic E-state index is 12.4. The van der Waals surface area contributed by atoms with Gasteiger partial charge in [-0.2, -0.15) is 8.78 Å². The number of benzene rings is 1. The Balaban J connectivity index is 2.03. The lowest BCUT2D eigenvalue weighted by Crippen LogP contribution is -2.28. The van der Waals surface area contributed by atoms with Gasteiger partial charge in [-0.3, -0.25) is 0 Å². The summed E-state index contributed by atoms with van der Waals surface area (Å²) in [5.41, 5.74) is 0.796. The highest BCUT2D eigenvalue weighted by Gasteiger charge is 2.16. The molecule has 0 saturated carbocycles. The molecule has 1 aromatic carbocycles. The summed E-state index contributed by atoms with van der Waals surface area (Å²) in [6.07, 6.45) is 1.85. The van der Waals surface area contributed by atoms with E-state index < -0.39 is 5.76 Å². The van der Waals surface area contributed by atoms with Crippen molar-refractivity contribution in [2.75, 3.05) is 18.5 Å². The van der Waals surface area contributed by atoms with E-state index in [1.807, 2.05) is 12.1 Å². The van der Waals surface area contributed by atoms with E-state index in [1.165, 1.54) is 0 Å². The maximum Gasteiger partial charge on any atom is 0.288 e. The molecule has 94 valence electrons. The Hall–Kier alpha value is -0.810. The molecule has 1 heterocycles. The number of alkyl halides is 2. The second-order valence-corrected chi connectivity index (χ2v) is 4.94. The standard InChI is InChI=1S/C12H15F2NOS/c13-12(14)17-11-4-2-1-3-10(11)15-9-5-7-16-8-6-9/h1-4,9,12,15H,5-8H2. The van der Waals surface area contributed by atoms with Crippen molar-refractivity contribution in [3.05, 3.63) is 24.3 Å². The van der Waals surface area contributed by atoms with Crippen LogP contribution in [0.5, 0.6) is 0 Å². The molecule has 0 aliphatic carbocycles. The van der Waals surface area contributed by atoms with Gasteiger partial charge in [-0.1, -0.05) is 23.9 Å². The second kappa shape index (κ2) is 6.21. The fourth-order valence-corrected chi connectivity index (χ4v) is 2.45. The molecule has 1 aromatic rings. The van der Waals surface area contributed by atoms with Crippen LogP contribution < -0.4 is 5.32 Å². The normalized spacial score (nSPS) is 17.4. The van der Waals surface area contributed by atoms with Gasteiger partial charge in [-0.25, -0.2) is 0 Å². The molecule has 0 unspecified atom stereocenters. The van der Waals surface area contributed by atoms with Crippen molar-refractivity contribution in [1.82, 2.24) is 0 Å². The third kappa shape index (κ3) is 3.85. The Morgan fingerprint density at radius 2 is 1.94 bits per heavy atom. The lowest BCUT2D eigenvalue weighted by Gasteiger charge is -2.25. The molecule has 1 aliphatic heterocycles. The first kappa shape index (κ1) is 12.6. The highest BCUT2D eigenvalue weighted by Crippen LogP contribution is 2.32. The number of hydrogen-bond donors (Lipinski definition) is 1. The monoisotopic (exact) mass is 259 g/mol. The molecule has 0 spiro atoms. The van der Waals surface area contributed by atoms with Crippen LogP contribution in [0.2, 0.25) is 0 Å². The van der Waals surface area contributed by atoms with Crippen LogP contribution in [0.1, 0.15) is 12.8 Å². The zero-order valence-corrected chi connectivity index (χ0v) is 10.2. The lowest BCUT2D eigenvalue weighted by atomic mass is 10.1. The Morgan fingerprint density at radius 3 is 2.65 bits per heavy atom. The SMILES string of the molecule is FC(F)Sc1ccccc1NC1CCOCC1. The van der Waals surface area contributed by atoms with E-state index in [9.17, 15) is 8.78 Å². The summed E-state index contributed by atoms with van der Waals surface area (Å²) in [6.45, 7) is 1.48. The largest absolute Gasteiger partial charge is 0.381 e. The first-order valence-corrected chi connectivity index (χ1v) is 6.52. The van der Waals surface area contributed by atoms with Crippen molar-refractivity contribution in [3.63, 3.8) is 0 Å². The van der Waals surface area contributed by atoms with Gasteiger partial charge in [0.25, 0.3) is 5.76 Å². The highest BCUT2D eigenvalue weighted by atomic mass is 32.2. The summed E-state index contributed by atoms with van der Waals surface area (Å²) < 4.78 is 30.1. The summed E-state index contributed by atoms with van der Waals surface area (Å²) in [4.78, 5) is 0.606. The fraction of sp³-hybridized carbons (Fsp3) is 0.500. The topological polar surface area (TPSA) is 21.3 Å². The van der Waals surface area contributed by atoms with Gasteiger partial charge in [0.15, 0.2) is 0 Å². The van der Waals surface area contributed by atoms with Gasteiger partial charge in [-0.05, 0) is 25.0 Å². The minimum Gasteiger partial charge on any atom is -0.381 e. The molecule has 1 fully saturated rings. The van der Waals surface area contributed by atoms with E-state index in [0.717, 1.165) is 31.7 Å². The maximum absolute atomic E-state index is 12.4. The molecule has 1 N–H and O–H groups in total.